The Morgan fingerprint density at radius 2 is 1.44 bits per heavy atom. The number of ether oxygens (including phenoxy) is 4. The van der Waals surface area contributed by atoms with Gasteiger partial charge >= 0.3 is 0 Å². The molecule has 414 valence electrons. The lowest BCUT2D eigenvalue weighted by Crippen LogP contribution is -2.44. The highest BCUT2D eigenvalue weighted by molar-refractivity contribution is 8.77. The van der Waals surface area contributed by atoms with Gasteiger partial charge in [0.1, 0.15) is 13.2 Å². The highest BCUT2D eigenvalue weighted by atomic mass is 33.1. The van der Waals surface area contributed by atoms with Crippen LogP contribution in [0.3, 0.4) is 0 Å². The molecule has 21 heteroatoms. The maximum Gasteiger partial charge on any atom is 0.276 e. The molecule has 3 atom stereocenters. The zero-order valence-electron chi connectivity index (χ0n) is 44.4. The molecule has 0 spiro atoms. The summed E-state index contributed by atoms with van der Waals surface area (Å²) in [6.07, 6.45) is 6.49. The Labute approximate surface area is 467 Å². The first-order valence-electron chi connectivity index (χ1n) is 26.2. The number of carbonyl (C=O) groups excluding carboxylic acids is 4. The van der Waals surface area contributed by atoms with Gasteiger partial charge in [0.15, 0.2) is 28.2 Å². The van der Waals surface area contributed by atoms with E-state index in [0.717, 1.165) is 76.6 Å². The van der Waals surface area contributed by atoms with Gasteiger partial charge in [-0.15, -0.1) is 0 Å². The van der Waals surface area contributed by atoms with Crippen LogP contribution in [0.4, 0.5) is 28.4 Å². The number of rotatable bonds is 22. The maximum atomic E-state index is 13.8. The molecule has 0 fully saturated rings. The van der Waals surface area contributed by atoms with Crippen LogP contribution in [0.1, 0.15) is 66.5 Å². The molecule has 5 heterocycles. The minimum atomic E-state index is -4.77. The topological polar surface area (TPSA) is 218 Å². The normalized spacial score (nSPS) is 17.3. The summed E-state index contributed by atoms with van der Waals surface area (Å²) in [7, 11) is 1.25. The second kappa shape index (κ2) is 23.6. The standard InChI is InChI=1S/C58H63N7O11S3/c1-58(2,78-77-20-16-53(79(70,71)72)57(69)59-18-19-63-55(67)13-14-56(63)68)17-15-54(66)62-42-22-36(34-75-51-28-45-40(26-49(51)73-3)32-64-43(30-60-45)24-38-9-5-7-11-47(38)64)21-37(23-42)35-76-52-29-46-41(27-50(52)74-4)33-65-44(31-61-46)25-39-10-6-8-12-48(39)65/h5-14,21-23,26-30,43-44,53,61H,15-20,24-25,31-35H2,1-4H3,(H,59,69)(H,62,66)(H,70,71,72)/t43-,44-,53?/m0/s1. The first-order valence-corrected chi connectivity index (χ1v) is 30.0. The molecule has 18 nitrogen and oxygen atoms in total. The highest BCUT2D eigenvalue weighted by Crippen LogP contribution is 2.44. The molecule has 0 saturated carbocycles. The predicted molar refractivity (Wildman–Crippen MR) is 309 cm³/mol. The van der Waals surface area contributed by atoms with Gasteiger partial charge in [0, 0.05) is 108 Å². The first-order chi connectivity index (χ1) is 38.0. The van der Waals surface area contributed by atoms with Gasteiger partial charge in [0.05, 0.1) is 32.0 Å². The van der Waals surface area contributed by atoms with E-state index in [1.54, 1.807) is 14.2 Å². The van der Waals surface area contributed by atoms with Crippen LogP contribution in [-0.4, -0.2) is 109 Å². The SMILES string of the molecule is COc1cc2c(cc1OCc1cc(COc3cc4c(cc3OC)CN3c5ccccc5C[C@H]3CN4)cc(NC(=O)CCC(C)(C)SSCCC(C(=O)NCCN3C(=O)C=CC3=O)S(=O)(=O)O)c1)N=C[C@@H]1Cc3ccccc3N1C2. The number of aliphatic imine (C=N–C) groups is 1. The summed E-state index contributed by atoms with van der Waals surface area (Å²) >= 11 is 0. The Kier molecular flexibility index (Phi) is 16.5. The Morgan fingerprint density at radius 3 is 2.13 bits per heavy atom. The smallest absolute Gasteiger partial charge is 0.276 e. The highest BCUT2D eigenvalue weighted by Gasteiger charge is 2.35. The van der Waals surface area contributed by atoms with Crippen molar-refractivity contribution in [1.82, 2.24) is 10.2 Å². The van der Waals surface area contributed by atoms with Crippen LogP contribution in [0.5, 0.6) is 23.0 Å². The summed E-state index contributed by atoms with van der Waals surface area (Å²) in [4.78, 5) is 61.0. The summed E-state index contributed by atoms with van der Waals surface area (Å²) < 4.78 is 58.8. The molecule has 0 radical (unpaired) electrons. The monoisotopic (exact) mass is 1130 g/mol. The van der Waals surface area contributed by atoms with E-state index in [-0.39, 0.29) is 56.8 Å². The third-order valence-corrected chi connectivity index (χ3v) is 19.2. The fraction of sp³-hybridized carbons (Fsp3) is 0.362. The van der Waals surface area contributed by atoms with Gasteiger partial charge in [0.25, 0.3) is 21.9 Å². The van der Waals surface area contributed by atoms with Crippen molar-refractivity contribution < 1.29 is 51.1 Å². The second-order valence-electron chi connectivity index (χ2n) is 20.7. The van der Waals surface area contributed by atoms with E-state index in [1.807, 2.05) is 62.5 Å². The van der Waals surface area contributed by atoms with Crippen molar-refractivity contribution in [2.75, 3.05) is 60.0 Å². The summed E-state index contributed by atoms with van der Waals surface area (Å²) in [5.41, 5.74) is 11.1. The lowest BCUT2D eigenvalue weighted by Gasteiger charge is -2.25. The molecule has 0 bridgehead atoms. The number of hydrogen-bond donors (Lipinski definition) is 4. The van der Waals surface area contributed by atoms with Gasteiger partial charge in [0.2, 0.25) is 11.8 Å². The summed E-state index contributed by atoms with van der Waals surface area (Å²) in [6, 6.07) is 31.2. The predicted octanol–water partition coefficient (Wildman–Crippen LogP) is 8.43. The van der Waals surface area contributed by atoms with Crippen molar-refractivity contribution >= 4 is 90.0 Å². The largest absolute Gasteiger partial charge is 0.493 e. The summed E-state index contributed by atoms with van der Waals surface area (Å²) in [5.74, 6) is 0.232. The Morgan fingerprint density at radius 1 is 0.810 bits per heavy atom. The Balaban J connectivity index is 0.805. The minimum Gasteiger partial charge on any atom is -0.493 e. The molecule has 0 saturated heterocycles. The van der Waals surface area contributed by atoms with Crippen LogP contribution in [0, 0.1) is 0 Å². The molecule has 5 aromatic rings. The lowest BCUT2D eigenvalue weighted by molar-refractivity contribution is -0.137. The molecule has 4 amide bonds. The van der Waals surface area contributed by atoms with Gasteiger partial charge < -0.3 is 44.7 Å². The fourth-order valence-corrected chi connectivity index (χ4v) is 14.2. The average Bonchev–Trinajstić information content (AvgIpc) is 4.13. The fourth-order valence-electron chi connectivity index (χ4n) is 10.6. The molecule has 4 N–H and O–H groups in total. The van der Waals surface area contributed by atoms with Crippen LogP contribution in [0.2, 0.25) is 0 Å². The second-order valence-corrected chi connectivity index (χ2v) is 25.4. The molecule has 1 unspecified atom stereocenters. The number of anilines is 4. The molecular formula is C58H63N7O11S3. The van der Waals surface area contributed by atoms with Gasteiger partial charge in [-0.2, -0.15) is 8.42 Å². The van der Waals surface area contributed by atoms with E-state index in [4.69, 9.17) is 23.9 Å². The molecule has 0 aliphatic carbocycles. The number of amides is 4. The number of benzene rings is 5. The average molecular weight is 1130 g/mol. The number of hydrogen-bond acceptors (Lipinski definition) is 16. The van der Waals surface area contributed by atoms with Gasteiger partial charge in [-0.3, -0.25) is 33.6 Å². The van der Waals surface area contributed by atoms with Crippen molar-refractivity contribution in [2.45, 2.75) is 94.3 Å². The van der Waals surface area contributed by atoms with E-state index >= 15 is 0 Å². The number of para-hydroxylation sites is 2. The number of nitrogens with one attached hydrogen (secondary N) is 3. The minimum absolute atomic E-state index is 0.129. The van der Waals surface area contributed by atoms with Gasteiger partial charge in [-0.05, 0) is 110 Å². The zero-order chi connectivity index (χ0) is 55.4. The molecular weight excluding hydrogens is 1070 g/mol. The summed E-state index contributed by atoms with van der Waals surface area (Å²) in [6.45, 7) is 6.05. The van der Waals surface area contributed by atoms with Gasteiger partial charge in [-0.1, -0.05) is 58.0 Å². The van der Waals surface area contributed by atoms with Crippen LogP contribution in [0.15, 0.2) is 108 Å². The zero-order valence-corrected chi connectivity index (χ0v) is 46.8. The molecule has 5 aromatic carbocycles. The van der Waals surface area contributed by atoms with Crippen LogP contribution < -0.4 is 44.7 Å². The van der Waals surface area contributed by atoms with Crippen molar-refractivity contribution in [1.29, 1.82) is 0 Å². The Bertz CT molecular complexity index is 3340. The Hall–Kier alpha value is -7.20. The lowest BCUT2D eigenvalue weighted by atomic mass is 10.1. The number of fused-ring (bicyclic) bond motifs is 8. The first kappa shape index (κ1) is 55.1. The van der Waals surface area contributed by atoms with Crippen molar-refractivity contribution in [2.24, 2.45) is 4.99 Å². The number of nitrogens with zero attached hydrogens (tertiary/aromatic N) is 4. The van der Waals surface area contributed by atoms with E-state index in [1.165, 1.54) is 44.1 Å². The number of imide groups is 1. The van der Waals surface area contributed by atoms with Crippen molar-refractivity contribution in [3.8, 4) is 23.0 Å². The third-order valence-electron chi connectivity index (χ3n) is 14.7. The van der Waals surface area contributed by atoms with E-state index < -0.39 is 37.8 Å². The van der Waals surface area contributed by atoms with E-state index in [2.05, 4.69) is 74.3 Å². The van der Waals surface area contributed by atoms with Crippen LogP contribution >= 0.6 is 21.6 Å². The van der Waals surface area contributed by atoms with Crippen molar-refractivity contribution in [3.63, 3.8) is 0 Å². The maximum absolute atomic E-state index is 13.8. The molecule has 5 aliphatic heterocycles. The van der Waals surface area contributed by atoms with E-state index in [0.29, 0.717) is 47.7 Å². The molecule has 5 aliphatic rings. The van der Waals surface area contributed by atoms with Crippen LogP contribution in [-0.2, 0) is 68.4 Å². The van der Waals surface area contributed by atoms with Crippen LogP contribution in [0.25, 0.3) is 0 Å². The quantitative estimate of drug-likeness (QED) is 0.0221. The number of carbonyl (C=O) groups is 4. The van der Waals surface area contributed by atoms with Crippen molar-refractivity contribution in [3.05, 3.63) is 137 Å². The number of methoxy groups -OCH3 is 2. The molecule has 0 aromatic heterocycles. The molecule has 10 rings (SSSR count). The van der Waals surface area contributed by atoms with Gasteiger partial charge in [-0.25, -0.2) is 0 Å². The third kappa shape index (κ3) is 12.8. The van der Waals surface area contributed by atoms with E-state index in [9.17, 15) is 32.1 Å². The summed E-state index contributed by atoms with van der Waals surface area (Å²) in [5, 5.41) is 7.43. The molecule has 79 heavy (non-hydrogen) atoms.